The average molecular weight is 338 g/mol. The standard InChI is InChI=1S/C19H22N4O2/c1-23-16(24)19(22-17(23)21)15-9-12(11-20)3-4-13(15)10-18(19)7-5-14(25-2)6-8-18/h3-4,9,14H,5-8,10H2,1-2H3,(H2,21,22). The molecule has 1 aromatic rings. The summed E-state index contributed by atoms with van der Waals surface area (Å²) < 4.78 is 5.53. The van der Waals surface area contributed by atoms with Crippen LogP contribution in [0, 0.1) is 16.7 Å². The number of nitrogens with zero attached hydrogens (tertiary/aromatic N) is 3. The highest BCUT2D eigenvalue weighted by Gasteiger charge is 2.66. The van der Waals surface area contributed by atoms with Gasteiger partial charge in [-0.05, 0) is 55.4 Å². The van der Waals surface area contributed by atoms with Crippen LogP contribution in [0.3, 0.4) is 0 Å². The summed E-state index contributed by atoms with van der Waals surface area (Å²) in [7, 11) is 3.42. The maximum Gasteiger partial charge on any atom is 0.262 e. The van der Waals surface area contributed by atoms with Gasteiger partial charge in [-0.25, -0.2) is 4.99 Å². The van der Waals surface area contributed by atoms with Crippen LogP contribution in [0.4, 0.5) is 0 Å². The molecule has 2 aliphatic carbocycles. The van der Waals surface area contributed by atoms with Gasteiger partial charge in [-0.15, -0.1) is 0 Å². The maximum atomic E-state index is 13.3. The Hall–Kier alpha value is -2.39. The zero-order valence-corrected chi connectivity index (χ0v) is 14.6. The number of benzene rings is 1. The van der Waals surface area contributed by atoms with Crippen LogP contribution in [0.5, 0.6) is 0 Å². The summed E-state index contributed by atoms with van der Waals surface area (Å²) in [4.78, 5) is 19.5. The van der Waals surface area contributed by atoms with Crippen molar-refractivity contribution in [3.8, 4) is 6.07 Å². The molecule has 4 rings (SSSR count). The highest BCUT2D eigenvalue weighted by molar-refractivity contribution is 6.08. The van der Waals surface area contributed by atoms with Crippen molar-refractivity contribution in [2.45, 2.75) is 43.7 Å². The number of nitriles is 1. The molecule has 0 bridgehead atoms. The third-order valence-corrected chi connectivity index (χ3v) is 6.39. The smallest absolute Gasteiger partial charge is 0.262 e. The Labute approximate surface area is 147 Å². The molecular formula is C19H22N4O2. The number of fused-ring (bicyclic) bond motifs is 3. The van der Waals surface area contributed by atoms with E-state index in [4.69, 9.17) is 15.5 Å². The SMILES string of the molecule is COC1CCC2(CC1)Cc1ccc(C#N)cc1C21N=C(N)N(C)C1=O. The monoisotopic (exact) mass is 338 g/mol. The first-order valence-electron chi connectivity index (χ1n) is 8.67. The highest BCUT2D eigenvalue weighted by atomic mass is 16.5. The van der Waals surface area contributed by atoms with Gasteiger partial charge in [-0.3, -0.25) is 9.69 Å². The lowest BCUT2D eigenvalue weighted by molar-refractivity contribution is -0.137. The molecule has 1 fully saturated rings. The lowest BCUT2D eigenvalue weighted by Crippen LogP contribution is -2.51. The summed E-state index contributed by atoms with van der Waals surface area (Å²) in [6.45, 7) is 0. The molecule has 25 heavy (non-hydrogen) atoms. The van der Waals surface area contributed by atoms with E-state index in [1.165, 1.54) is 4.90 Å². The van der Waals surface area contributed by atoms with Crippen LogP contribution in [0.15, 0.2) is 23.2 Å². The Kier molecular flexibility index (Phi) is 3.41. The van der Waals surface area contributed by atoms with Crippen molar-refractivity contribution in [3.63, 3.8) is 0 Å². The van der Waals surface area contributed by atoms with E-state index in [0.717, 1.165) is 43.2 Å². The topological polar surface area (TPSA) is 91.7 Å². The first-order valence-corrected chi connectivity index (χ1v) is 8.67. The van der Waals surface area contributed by atoms with Crippen LogP contribution < -0.4 is 5.73 Å². The van der Waals surface area contributed by atoms with Crippen molar-refractivity contribution >= 4 is 11.9 Å². The van der Waals surface area contributed by atoms with E-state index in [-0.39, 0.29) is 23.4 Å². The molecule has 1 aromatic carbocycles. The van der Waals surface area contributed by atoms with Gasteiger partial charge in [0, 0.05) is 19.6 Å². The van der Waals surface area contributed by atoms with Gasteiger partial charge in [0.05, 0.1) is 17.7 Å². The zero-order chi connectivity index (χ0) is 17.8. The molecule has 1 unspecified atom stereocenters. The second-order valence-corrected chi connectivity index (χ2v) is 7.42. The van der Waals surface area contributed by atoms with Crippen LogP contribution in [0.2, 0.25) is 0 Å². The molecule has 0 saturated heterocycles. The molecular weight excluding hydrogens is 316 g/mol. The highest BCUT2D eigenvalue weighted by Crippen LogP contribution is 2.61. The van der Waals surface area contributed by atoms with Crippen molar-refractivity contribution in [2.24, 2.45) is 16.1 Å². The van der Waals surface area contributed by atoms with Crippen LogP contribution in [0.25, 0.3) is 0 Å². The van der Waals surface area contributed by atoms with Crippen LogP contribution in [-0.4, -0.2) is 37.0 Å². The minimum absolute atomic E-state index is 0.0743. The number of guanidine groups is 1. The van der Waals surface area contributed by atoms with Gasteiger partial charge in [0.25, 0.3) is 5.91 Å². The average Bonchev–Trinajstić information content (AvgIpc) is 3.03. The second kappa shape index (κ2) is 5.30. The summed E-state index contributed by atoms with van der Waals surface area (Å²) in [5.74, 6) is 0.183. The van der Waals surface area contributed by atoms with Crippen molar-refractivity contribution in [1.82, 2.24) is 4.90 Å². The molecule has 1 heterocycles. The minimum atomic E-state index is -0.993. The van der Waals surface area contributed by atoms with Gasteiger partial charge < -0.3 is 10.5 Å². The summed E-state index contributed by atoms with van der Waals surface area (Å²) in [6.07, 6.45) is 4.56. The van der Waals surface area contributed by atoms with E-state index in [1.807, 2.05) is 18.2 Å². The summed E-state index contributed by atoms with van der Waals surface area (Å²) >= 11 is 0. The molecule has 3 aliphatic rings. The number of hydrogen-bond donors (Lipinski definition) is 1. The zero-order valence-electron chi connectivity index (χ0n) is 14.6. The molecule has 130 valence electrons. The van der Waals surface area contributed by atoms with Gasteiger partial charge in [0.1, 0.15) is 0 Å². The van der Waals surface area contributed by atoms with E-state index >= 15 is 0 Å². The Morgan fingerprint density at radius 3 is 2.68 bits per heavy atom. The first kappa shape index (κ1) is 16.1. The van der Waals surface area contributed by atoms with E-state index in [2.05, 4.69) is 6.07 Å². The predicted molar refractivity (Wildman–Crippen MR) is 92.6 cm³/mol. The molecule has 1 aliphatic heterocycles. The Balaban J connectivity index is 1.90. The quantitative estimate of drug-likeness (QED) is 0.843. The molecule has 0 radical (unpaired) electrons. The number of carbonyl (C=O) groups is 1. The first-order chi connectivity index (χ1) is 12.0. The van der Waals surface area contributed by atoms with E-state index in [1.54, 1.807) is 14.2 Å². The number of nitrogens with two attached hydrogens (primary N) is 1. The summed E-state index contributed by atoms with van der Waals surface area (Å²) in [5.41, 5.74) is 7.30. The molecule has 1 saturated carbocycles. The number of rotatable bonds is 1. The molecule has 6 heteroatoms. The number of amides is 1. The summed E-state index contributed by atoms with van der Waals surface area (Å²) in [5, 5.41) is 9.32. The molecule has 2 spiro atoms. The van der Waals surface area contributed by atoms with Crippen LogP contribution in [-0.2, 0) is 21.5 Å². The van der Waals surface area contributed by atoms with Gasteiger partial charge in [0.2, 0.25) is 0 Å². The minimum Gasteiger partial charge on any atom is -0.381 e. The number of carbonyl (C=O) groups excluding carboxylic acids is 1. The maximum absolute atomic E-state index is 13.3. The second-order valence-electron chi connectivity index (χ2n) is 7.42. The van der Waals surface area contributed by atoms with Crippen LogP contribution >= 0.6 is 0 Å². The van der Waals surface area contributed by atoms with Crippen molar-refractivity contribution in [1.29, 1.82) is 5.26 Å². The predicted octanol–water partition coefficient (Wildman–Crippen LogP) is 1.67. The van der Waals surface area contributed by atoms with Crippen molar-refractivity contribution in [3.05, 3.63) is 34.9 Å². The molecule has 0 aromatic heterocycles. The third kappa shape index (κ3) is 1.93. The number of likely N-dealkylation sites (N-methyl/N-ethyl adjacent to an activating group) is 1. The molecule has 6 nitrogen and oxygen atoms in total. The molecule has 1 atom stereocenters. The van der Waals surface area contributed by atoms with Gasteiger partial charge >= 0.3 is 0 Å². The Morgan fingerprint density at radius 2 is 2.12 bits per heavy atom. The number of hydrogen-bond acceptors (Lipinski definition) is 5. The number of ether oxygens (including phenoxy) is 1. The number of aliphatic imine (C=N–C) groups is 1. The van der Waals surface area contributed by atoms with Gasteiger partial charge in [0.15, 0.2) is 11.5 Å². The fourth-order valence-corrected chi connectivity index (χ4v) is 5.00. The van der Waals surface area contributed by atoms with E-state index < -0.39 is 5.54 Å². The largest absolute Gasteiger partial charge is 0.381 e. The Bertz CT molecular complexity index is 817. The fraction of sp³-hybridized carbons (Fsp3) is 0.526. The molecule has 2 N–H and O–H groups in total. The van der Waals surface area contributed by atoms with Crippen molar-refractivity contribution < 1.29 is 9.53 Å². The lowest BCUT2D eigenvalue weighted by atomic mass is 9.61. The van der Waals surface area contributed by atoms with E-state index in [9.17, 15) is 10.1 Å². The fourth-order valence-electron chi connectivity index (χ4n) is 5.00. The number of methoxy groups -OCH3 is 1. The molecule has 1 amide bonds. The van der Waals surface area contributed by atoms with Crippen molar-refractivity contribution in [2.75, 3.05) is 14.2 Å². The lowest BCUT2D eigenvalue weighted by Gasteiger charge is -2.45. The van der Waals surface area contributed by atoms with Crippen LogP contribution in [0.1, 0.15) is 42.4 Å². The normalized spacial score (nSPS) is 33.6. The Morgan fingerprint density at radius 1 is 1.40 bits per heavy atom. The van der Waals surface area contributed by atoms with E-state index in [0.29, 0.717) is 5.56 Å². The van der Waals surface area contributed by atoms with Gasteiger partial charge in [-0.1, -0.05) is 6.07 Å². The summed E-state index contributed by atoms with van der Waals surface area (Å²) in [6, 6.07) is 7.82. The third-order valence-electron chi connectivity index (χ3n) is 6.39. The van der Waals surface area contributed by atoms with Gasteiger partial charge in [-0.2, -0.15) is 5.26 Å².